The minimum absolute atomic E-state index is 0.259. The van der Waals surface area contributed by atoms with E-state index in [1.807, 2.05) is 19.0 Å². The quantitative estimate of drug-likeness (QED) is 0.512. The zero-order valence-corrected chi connectivity index (χ0v) is 17.3. The second kappa shape index (κ2) is 7.33. The molecule has 0 spiro atoms. The Hall–Kier alpha value is -3.18. The number of nitrogens with zero attached hydrogens (tertiary/aromatic N) is 6. The van der Waals surface area contributed by atoms with Crippen LogP contribution in [0.15, 0.2) is 29.3 Å². The number of carbonyl (C=O) groups is 1. The van der Waals surface area contributed by atoms with Gasteiger partial charge in [-0.3, -0.25) is 4.79 Å². The summed E-state index contributed by atoms with van der Waals surface area (Å²) in [5.41, 5.74) is 0.934. The van der Waals surface area contributed by atoms with E-state index in [0.717, 1.165) is 9.81 Å². The minimum Gasteiger partial charge on any atom is -0.495 e. The minimum atomic E-state index is -0.461. The van der Waals surface area contributed by atoms with Gasteiger partial charge in [-0.2, -0.15) is 4.98 Å². The first kappa shape index (κ1) is 19.2. The number of anilines is 2. The molecule has 0 unspecified atom stereocenters. The number of aromatic nitrogens is 5. The van der Waals surface area contributed by atoms with Crippen LogP contribution in [-0.2, 0) is 11.3 Å². The second-order valence-electron chi connectivity index (χ2n) is 6.32. The number of nitrogens with one attached hydrogen (secondary N) is 1. The fourth-order valence-corrected chi connectivity index (χ4v) is 3.88. The number of thiazole rings is 1. The van der Waals surface area contributed by atoms with E-state index in [9.17, 15) is 9.59 Å². The fraction of sp³-hybridized carbons (Fsp3) is 0.235. The molecule has 29 heavy (non-hydrogen) atoms. The van der Waals surface area contributed by atoms with Crippen molar-refractivity contribution in [2.75, 3.05) is 31.4 Å². The van der Waals surface area contributed by atoms with Gasteiger partial charge >= 0.3 is 5.69 Å². The third-order valence-corrected chi connectivity index (χ3v) is 5.58. The average molecular weight is 434 g/mol. The van der Waals surface area contributed by atoms with E-state index in [1.165, 1.54) is 29.2 Å². The van der Waals surface area contributed by atoms with Crippen LogP contribution >= 0.6 is 22.9 Å². The summed E-state index contributed by atoms with van der Waals surface area (Å²) in [6.07, 6.45) is 1.36. The standard InChI is InChI=1S/C17H16ClN7O3S/c1-23(2)16-21-14-13(29-16)15-22-25(17(27)24(15)8-19-14)7-12(26)20-9-4-5-11(28-3)10(18)6-9/h4-6,8H,7H2,1-3H3,(H,20,26). The molecule has 1 aromatic carbocycles. The van der Waals surface area contributed by atoms with Crippen molar-refractivity contribution in [2.24, 2.45) is 0 Å². The van der Waals surface area contributed by atoms with Crippen molar-refractivity contribution in [3.63, 3.8) is 0 Å². The Balaban J connectivity index is 1.63. The molecule has 150 valence electrons. The van der Waals surface area contributed by atoms with Crippen molar-refractivity contribution in [3.05, 3.63) is 40.0 Å². The molecule has 1 N–H and O–H groups in total. The van der Waals surface area contributed by atoms with Crippen LogP contribution in [0, 0.1) is 0 Å². The molecule has 10 nitrogen and oxygen atoms in total. The summed E-state index contributed by atoms with van der Waals surface area (Å²) < 4.78 is 8.15. The fourth-order valence-electron chi connectivity index (χ4n) is 2.70. The lowest BCUT2D eigenvalue weighted by Crippen LogP contribution is -2.28. The molecule has 12 heteroatoms. The number of halogens is 1. The summed E-state index contributed by atoms with van der Waals surface area (Å²) in [7, 11) is 5.25. The topological polar surface area (TPSA) is 107 Å². The van der Waals surface area contributed by atoms with Crippen LogP contribution in [0.2, 0.25) is 5.02 Å². The molecule has 0 bridgehead atoms. The summed E-state index contributed by atoms with van der Waals surface area (Å²) in [6, 6.07) is 4.87. The molecule has 4 rings (SSSR count). The summed E-state index contributed by atoms with van der Waals surface area (Å²) in [6.45, 7) is -0.259. The van der Waals surface area contributed by atoms with Crippen LogP contribution in [-0.4, -0.2) is 51.3 Å². The average Bonchev–Trinajstić information content (AvgIpc) is 3.24. The van der Waals surface area contributed by atoms with Crippen molar-refractivity contribution in [2.45, 2.75) is 6.54 Å². The van der Waals surface area contributed by atoms with Gasteiger partial charge in [0.25, 0.3) is 0 Å². The van der Waals surface area contributed by atoms with Crippen LogP contribution in [0.1, 0.15) is 0 Å². The number of carbonyl (C=O) groups excluding carboxylic acids is 1. The maximum atomic E-state index is 12.6. The first-order valence-corrected chi connectivity index (χ1v) is 9.62. The van der Waals surface area contributed by atoms with E-state index in [-0.39, 0.29) is 6.54 Å². The van der Waals surface area contributed by atoms with Gasteiger partial charge in [-0.25, -0.2) is 18.9 Å². The molecule has 4 aromatic rings. The highest BCUT2D eigenvalue weighted by atomic mass is 35.5. The third kappa shape index (κ3) is 3.49. The van der Waals surface area contributed by atoms with Gasteiger partial charge in [0.2, 0.25) is 5.91 Å². The molecule has 0 radical (unpaired) electrons. The Bertz CT molecular complexity index is 1290. The molecule has 3 aromatic heterocycles. The molecule has 0 aliphatic rings. The molecule has 0 aliphatic heterocycles. The van der Waals surface area contributed by atoms with Gasteiger partial charge in [0.1, 0.15) is 23.3 Å². The molecule has 0 aliphatic carbocycles. The van der Waals surface area contributed by atoms with Gasteiger partial charge in [-0.15, -0.1) is 5.10 Å². The molecule has 0 atom stereocenters. The zero-order chi connectivity index (χ0) is 20.7. The first-order valence-electron chi connectivity index (χ1n) is 8.43. The van der Waals surface area contributed by atoms with Crippen molar-refractivity contribution >= 4 is 55.7 Å². The van der Waals surface area contributed by atoms with Gasteiger partial charge in [0.15, 0.2) is 16.4 Å². The predicted octanol–water partition coefficient (Wildman–Crippen LogP) is 1.87. The lowest BCUT2D eigenvalue weighted by molar-refractivity contribution is -0.117. The van der Waals surface area contributed by atoms with Crippen molar-refractivity contribution in [3.8, 4) is 5.75 Å². The Kier molecular flexibility index (Phi) is 4.84. The third-order valence-electron chi connectivity index (χ3n) is 4.08. The Morgan fingerprint density at radius 1 is 1.38 bits per heavy atom. The van der Waals surface area contributed by atoms with E-state index in [2.05, 4.69) is 20.4 Å². The van der Waals surface area contributed by atoms with Gasteiger partial charge in [0.05, 0.1) is 12.1 Å². The van der Waals surface area contributed by atoms with Gasteiger partial charge in [0, 0.05) is 19.8 Å². The number of fused-ring (bicyclic) bond motifs is 3. The van der Waals surface area contributed by atoms with Gasteiger partial charge in [-0.1, -0.05) is 22.9 Å². The molecule has 1 amide bonds. The number of benzene rings is 1. The Labute approximate surface area is 173 Å². The molecule has 0 saturated heterocycles. The number of ether oxygens (including phenoxy) is 1. The Morgan fingerprint density at radius 2 is 2.17 bits per heavy atom. The van der Waals surface area contributed by atoms with Crippen LogP contribution < -0.4 is 20.6 Å². The van der Waals surface area contributed by atoms with Crippen LogP contribution in [0.5, 0.6) is 5.75 Å². The van der Waals surface area contributed by atoms with Crippen LogP contribution in [0.4, 0.5) is 10.8 Å². The highest BCUT2D eigenvalue weighted by Gasteiger charge is 2.17. The van der Waals surface area contributed by atoms with E-state index < -0.39 is 11.6 Å². The van der Waals surface area contributed by atoms with Crippen molar-refractivity contribution in [1.82, 2.24) is 24.1 Å². The first-order chi connectivity index (χ1) is 13.9. The summed E-state index contributed by atoms with van der Waals surface area (Å²) in [5.74, 6) is 0.0821. The van der Waals surface area contributed by atoms with Crippen LogP contribution in [0.3, 0.4) is 0 Å². The van der Waals surface area contributed by atoms with Gasteiger partial charge < -0.3 is 15.0 Å². The summed E-state index contributed by atoms with van der Waals surface area (Å²) in [5, 5.41) is 8.12. The number of amides is 1. The lowest BCUT2D eigenvalue weighted by atomic mass is 10.3. The molecule has 0 saturated carbocycles. The predicted molar refractivity (Wildman–Crippen MR) is 111 cm³/mol. The van der Waals surface area contributed by atoms with E-state index in [0.29, 0.717) is 32.5 Å². The van der Waals surface area contributed by atoms with E-state index >= 15 is 0 Å². The number of rotatable bonds is 5. The maximum absolute atomic E-state index is 12.6. The lowest BCUT2D eigenvalue weighted by Gasteiger charge is -2.07. The molecule has 0 fully saturated rings. The molecular formula is C17H16ClN7O3S. The van der Waals surface area contributed by atoms with Gasteiger partial charge in [-0.05, 0) is 18.2 Å². The van der Waals surface area contributed by atoms with Crippen molar-refractivity contribution in [1.29, 1.82) is 0 Å². The second-order valence-corrected chi connectivity index (χ2v) is 7.70. The number of hydrogen-bond donors (Lipinski definition) is 1. The number of methoxy groups -OCH3 is 1. The van der Waals surface area contributed by atoms with Crippen molar-refractivity contribution < 1.29 is 9.53 Å². The summed E-state index contributed by atoms with van der Waals surface area (Å²) >= 11 is 7.44. The number of hydrogen-bond acceptors (Lipinski definition) is 8. The zero-order valence-electron chi connectivity index (χ0n) is 15.7. The van der Waals surface area contributed by atoms with E-state index in [1.54, 1.807) is 18.2 Å². The SMILES string of the molecule is COc1ccc(NC(=O)Cn2nc3c4sc(N(C)C)nc4ncn3c2=O)cc1Cl. The largest absolute Gasteiger partial charge is 0.495 e. The molecule has 3 heterocycles. The maximum Gasteiger partial charge on any atom is 0.352 e. The summed E-state index contributed by atoms with van der Waals surface area (Å²) in [4.78, 5) is 35.5. The monoisotopic (exact) mass is 433 g/mol. The smallest absolute Gasteiger partial charge is 0.352 e. The van der Waals surface area contributed by atoms with Crippen LogP contribution in [0.25, 0.3) is 16.0 Å². The molecular weight excluding hydrogens is 418 g/mol. The Morgan fingerprint density at radius 3 is 2.86 bits per heavy atom. The highest BCUT2D eigenvalue weighted by molar-refractivity contribution is 7.22. The van der Waals surface area contributed by atoms with E-state index in [4.69, 9.17) is 16.3 Å². The highest BCUT2D eigenvalue weighted by Crippen LogP contribution is 2.28. The normalized spacial score (nSPS) is 11.2.